The zero-order valence-corrected chi connectivity index (χ0v) is 11.7. The minimum Gasteiger partial charge on any atom is -0.507 e. The molecular formula is C14H22N2O3. The van der Waals surface area contributed by atoms with Gasteiger partial charge in [0.25, 0.3) is 0 Å². The van der Waals surface area contributed by atoms with Crippen molar-refractivity contribution in [1.82, 2.24) is 4.90 Å². The molecule has 0 radical (unpaired) electrons. The highest BCUT2D eigenvalue weighted by atomic mass is 16.5. The van der Waals surface area contributed by atoms with Gasteiger partial charge in [-0.2, -0.15) is 0 Å². The zero-order chi connectivity index (χ0) is 14.0. The second kappa shape index (κ2) is 5.67. The fraction of sp³-hybridized carbons (Fsp3) is 0.571. The van der Waals surface area contributed by atoms with Gasteiger partial charge in [0.05, 0.1) is 19.8 Å². The fourth-order valence-corrected chi connectivity index (χ4v) is 2.88. The molecule has 0 spiro atoms. The Morgan fingerprint density at radius 3 is 2.63 bits per heavy atom. The molecular weight excluding hydrogens is 244 g/mol. The Kier molecular flexibility index (Phi) is 4.17. The smallest absolute Gasteiger partial charge is 0.169 e. The maximum Gasteiger partial charge on any atom is 0.169 e. The first kappa shape index (κ1) is 14.0. The molecule has 0 amide bonds. The Labute approximate surface area is 113 Å². The number of nitrogens with two attached hydrogens (primary N) is 1. The van der Waals surface area contributed by atoms with Crippen molar-refractivity contribution in [2.45, 2.75) is 12.5 Å². The Bertz CT molecular complexity index is 451. The number of rotatable bonds is 4. The minimum absolute atomic E-state index is 0.110. The van der Waals surface area contributed by atoms with Crippen LogP contribution in [0.3, 0.4) is 0 Å². The van der Waals surface area contributed by atoms with Crippen LogP contribution in [0.15, 0.2) is 12.1 Å². The first-order valence-corrected chi connectivity index (χ1v) is 6.46. The van der Waals surface area contributed by atoms with Gasteiger partial charge in [-0.3, -0.25) is 4.90 Å². The molecule has 19 heavy (non-hydrogen) atoms. The summed E-state index contributed by atoms with van der Waals surface area (Å²) in [6.07, 6.45) is 0.921. The summed E-state index contributed by atoms with van der Waals surface area (Å²) >= 11 is 0. The quantitative estimate of drug-likeness (QED) is 0.861. The molecule has 1 aromatic rings. The summed E-state index contributed by atoms with van der Waals surface area (Å²) in [6.45, 7) is 1.59. The standard InChI is InChI=1S/C14H22N2O3/c1-16-8-9(7-15)6-10(16)13-11(17)4-5-12(18-2)14(13)19-3/h4-5,9-10,17H,6-8,15H2,1-3H3. The molecule has 1 aromatic carbocycles. The summed E-state index contributed by atoms with van der Waals surface area (Å²) in [7, 11) is 5.23. The molecule has 1 fully saturated rings. The second-order valence-electron chi connectivity index (χ2n) is 5.03. The topological polar surface area (TPSA) is 68.0 Å². The number of benzene rings is 1. The van der Waals surface area contributed by atoms with Crippen molar-refractivity contribution in [2.75, 3.05) is 34.4 Å². The number of phenols is 1. The highest BCUT2D eigenvalue weighted by Gasteiger charge is 2.34. The number of hydrogen-bond donors (Lipinski definition) is 2. The second-order valence-corrected chi connectivity index (χ2v) is 5.03. The van der Waals surface area contributed by atoms with E-state index >= 15 is 0 Å². The first-order valence-electron chi connectivity index (χ1n) is 6.46. The molecule has 5 heteroatoms. The van der Waals surface area contributed by atoms with Gasteiger partial charge in [0.15, 0.2) is 11.5 Å². The van der Waals surface area contributed by atoms with E-state index in [0.29, 0.717) is 24.0 Å². The van der Waals surface area contributed by atoms with Crippen molar-refractivity contribution in [3.63, 3.8) is 0 Å². The van der Waals surface area contributed by atoms with E-state index < -0.39 is 0 Å². The van der Waals surface area contributed by atoms with Crippen molar-refractivity contribution in [3.8, 4) is 17.2 Å². The lowest BCUT2D eigenvalue weighted by atomic mass is 9.98. The summed E-state index contributed by atoms with van der Waals surface area (Å²) in [6, 6.07) is 3.48. The summed E-state index contributed by atoms with van der Waals surface area (Å²) in [5.41, 5.74) is 6.55. The van der Waals surface area contributed by atoms with Crippen LogP contribution in [0.1, 0.15) is 18.0 Å². The molecule has 0 bridgehead atoms. The highest BCUT2D eigenvalue weighted by Crippen LogP contribution is 2.46. The third kappa shape index (κ3) is 2.48. The van der Waals surface area contributed by atoms with Crippen LogP contribution in [0.2, 0.25) is 0 Å². The molecule has 2 unspecified atom stereocenters. The molecule has 0 saturated carbocycles. The van der Waals surface area contributed by atoms with Gasteiger partial charge in [-0.25, -0.2) is 0 Å². The average molecular weight is 266 g/mol. The van der Waals surface area contributed by atoms with Crippen LogP contribution in [-0.4, -0.2) is 44.4 Å². The number of methoxy groups -OCH3 is 2. The maximum atomic E-state index is 10.2. The van der Waals surface area contributed by atoms with Crippen LogP contribution in [-0.2, 0) is 0 Å². The highest BCUT2D eigenvalue weighted by molar-refractivity contribution is 5.55. The number of nitrogens with zero attached hydrogens (tertiary/aromatic N) is 1. The SMILES string of the molecule is COc1ccc(O)c(C2CC(CN)CN2C)c1OC. The molecule has 0 aliphatic carbocycles. The summed E-state index contributed by atoms with van der Waals surface area (Å²) in [5, 5.41) is 10.2. The third-order valence-corrected chi connectivity index (χ3v) is 3.86. The Hall–Kier alpha value is -1.46. The van der Waals surface area contributed by atoms with Crippen LogP contribution < -0.4 is 15.2 Å². The van der Waals surface area contributed by atoms with Gasteiger partial charge in [-0.1, -0.05) is 0 Å². The largest absolute Gasteiger partial charge is 0.507 e. The molecule has 2 rings (SSSR count). The van der Waals surface area contributed by atoms with Gasteiger partial charge >= 0.3 is 0 Å². The number of hydrogen-bond acceptors (Lipinski definition) is 5. The molecule has 1 heterocycles. The maximum absolute atomic E-state index is 10.2. The van der Waals surface area contributed by atoms with Crippen molar-refractivity contribution < 1.29 is 14.6 Å². The van der Waals surface area contributed by atoms with Crippen LogP contribution in [0.5, 0.6) is 17.2 Å². The molecule has 1 aliphatic rings. The van der Waals surface area contributed by atoms with Crippen molar-refractivity contribution in [1.29, 1.82) is 0 Å². The number of aromatic hydroxyl groups is 1. The number of ether oxygens (including phenoxy) is 2. The van der Waals surface area contributed by atoms with E-state index in [9.17, 15) is 5.11 Å². The van der Waals surface area contributed by atoms with E-state index in [0.717, 1.165) is 18.5 Å². The lowest BCUT2D eigenvalue weighted by molar-refractivity contribution is 0.287. The number of likely N-dealkylation sites (tertiary alicyclic amines) is 1. The summed E-state index contributed by atoms with van der Waals surface area (Å²) < 4.78 is 10.7. The van der Waals surface area contributed by atoms with E-state index in [2.05, 4.69) is 4.90 Å². The van der Waals surface area contributed by atoms with Crippen LogP contribution in [0.4, 0.5) is 0 Å². The Balaban J connectivity index is 2.43. The molecule has 3 N–H and O–H groups in total. The van der Waals surface area contributed by atoms with Crippen LogP contribution in [0.25, 0.3) is 0 Å². The molecule has 0 aromatic heterocycles. The number of phenolic OH excluding ortho intramolecular Hbond substituents is 1. The van der Waals surface area contributed by atoms with Gasteiger partial charge in [-0.15, -0.1) is 0 Å². The molecule has 2 atom stereocenters. The zero-order valence-electron chi connectivity index (χ0n) is 11.7. The van der Waals surface area contributed by atoms with Crippen LogP contribution >= 0.6 is 0 Å². The normalized spacial score (nSPS) is 23.6. The van der Waals surface area contributed by atoms with E-state index in [-0.39, 0.29) is 11.8 Å². The van der Waals surface area contributed by atoms with Gasteiger partial charge in [-0.05, 0) is 38.1 Å². The molecule has 1 aliphatic heterocycles. The predicted molar refractivity (Wildman–Crippen MR) is 73.7 cm³/mol. The lowest BCUT2D eigenvalue weighted by Crippen LogP contribution is -2.21. The molecule has 1 saturated heterocycles. The van der Waals surface area contributed by atoms with Crippen molar-refractivity contribution >= 4 is 0 Å². The van der Waals surface area contributed by atoms with Gasteiger partial charge < -0.3 is 20.3 Å². The van der Waals surface area contributed by atoms with E-state index in [1.807, 2.05) is 7.05 Å². The Morgan fingerprint density at radius 1 is 1.37 bits per heavy atom. The lowest BCUT2D eigenvalue weighted by Gasteiger charge is -2.23. The summed E-state index contributed by atoms with van der Waals surface area (Å²) in [4.78, 5) is 2.20. The van der Waals surface area contributed by atoms with Gasteiger partial charge in [0.1, 0.15) is 5.75 Å². The first-order chi connectivity index (χ1) is 9.12. The predicted octanol–water partition coefficient (Wildman–Crippen LogP) is 1.36. The monoisotopic (exact) mass is 266 g/mol. The molecule has 106 valence electrons. The molecule has 5 nitrogen and oxygen atoms in total. The Morgan fingerprint density at radius 2 is 2.11 bits per heavy atom. The van der Waals surface area contributed by atoms with E-state index in [1.54, 1.807) is 26.4 Å². The fourth-order valence-electron chi connectivity index (χ4n) is 2.88. The summed E-state index contributed by atoms with van der Waals surface area (Å²) in [5.74, 6) is 1.94. The van der Waals surface area contributed by atoms with Crippen LogP contribution in [0, 0.1) is 5.92 Å². The van der Waals surface area contributed by atoms with Gasteiger partial charge in [0, 0.05) is 12.6 Å². The van der Waals surface area contributed by atoms with Gasteiger partial charge in [0.2, 0.25) is 0 Å². The third-order valence-electron chi connectivity index (χ3n) is 3.86. The van der Waals surface area contributed by atoms with Crippen molar-refractivity contribution in [2.24, 2.45) is 11.7 Å². The average Bonchev–Trinajstić information content (AvgIpc) is 2.79. The van der Waals surface area contributed by atoms with E-state index in [1.165, 1.54) is 0 Å². The van der Waals surface area contributed by atoms with Crippen molar-refractivity contribution in [3.05, 3.63) is 17.7 Å². The van der Waals surface area contributed by atoms with E-state index in [4.69, 9.17) is 15.2 Å². The minimum atomic E-state index is 0.110.